The summed E-state index contributed by atoms with van der Waals surface area (Å²) >= 11 is 0. The molecule has 1 N–H and O–H groups in total. The first-order valence-electron chi connectivity index (χ1n) is 11.9. The van der Waals surface area contributed by atoms with E-state index in [1.165, 1.54) is 36.8 Å². The minimum Gasteiger partial charge on any atom is -0.489 e. The molecule has 1 saturated carbocycles. The zero-order valence-electron chi connectivity index (χ0n) is 19.1. The third-order valence-electron chi connectivity index (χ3n) is 6.86. The molecule has 0 aromatic heterocycles. The van der Waals surface area contributed by atoms with E-state index in [-0.39, 0.29) is 6.10 Å². The zero-order chi connectivity index (χ0) is 22.2. The van der Waals surface area contributed by atoms with E-state index >= 15 is 0 Å². The Kier molecular flexibility index (Phi) is 7.97. The molecule has 3 aromatic carbocycles. The second-order valence-electron chi connectivity index (χ2n) is 9.04. The summed E-state index contributed by atoms with van der Waals surface area (Å²) in [7, 11) is 2.21. The quantitative estimate of drug-likeness (QED) is 0.430. The van der Waals surface area contributed by atoms with Gasteiger partial charge in [-0.25, -0.2) is 0 Å². The van der Waals surface area contributed by atoms with E-state index in [0.717, 1.165) is 24.3 Å². The van der Waals surface area contributed by atoms with Crippen LogP contribution in [-0.2, 0) is 6.61 Å². The predicted octanol–water partition coefficient (Wildman–Crippen LogP) is 6.35. The van der Waals surface area contributed by atoms with E-state index < -0.39 is 0 Å². The minimum absolute atomic E-state index is 0.377. The van der Waals surface area contributed by atoms with Crippen molar-refractivity contribution in [2.75, 3.05) is 13.6 Å². The van der Waals surface area contributed by atoms with Crippen LogP contribution in [0.4, 0.5) is 0 Å². The summed E-state index contributed by atoms with van der Waals surface area (Å²) in [6.07, 6.45) is 5.29. The summed E-state index contributed by atoms with van der Waals surface area (Å²) in [4.78, 5) is 2.45. The maximum atomic E-state index is 10.4. The van der Waals surface area contributed by atoms with Crippen LogP contribution in [0.15, 0.2) is 84.9 Å². The van der Waals surface area contributed by atoms with Crippen LogP contribution in [0, 0.1) is 0 Å². The highest BCUT2D eigenvalue weighted by Gasteiger charge is 2.25. The monoisotopic (exact) mass is 429 g/mol. The van der Waals surface area contributed by atoms with Crippen molar-refractivity contribution < 1.29 is 9.84 Å². The van der Waals surface area contributed by atoms with Crippen LogP contribution >= 0.6 is 0 Å². The fraction of sp³-hybridized carbons (Fsp3) is 0.379. The first kappa shape index (κ1) is 22.6. The van der Waals surface area contributed by atoms with Crippen molar-refractivity contribution in [2.24, 2.45) is 0 Å². The van der Waals surface area contributed by atoms with Crippen molar-refractivity contribution in [3.63, 3.8) is 0 Å². The summed E-state index contributed by atoms with van der Waals surface area (Å²) in [5.74, 6) is 1.57. The van der Waals surface area contributed by atoms with Crippen molar-refractivity contribution in [3.05, 3.63) is 102 Å². The fourth-order valence-electron chi connectivity index (χ4n) is 4.78. The first-order valence-corrected chi connectivity index (χ1v) is 11.9. The molecule has 1 aliphatic carbocycles. The van der Waals surface area contributed by atoms with E-state index in [2.05, 4.69) is 48.3 Å². The van der Waals surface area contributed by atoms with Crippen LogP contribution in [0.2, 0.25) is 0 Å². The smallest absolute Gasteiger partial charge is 0.119 e. The van der Waals surface area contributed by atoms with Crippen molar-refractivity contribution in [3.8, 4) is 5.75 Å². The lowest BCUT2D eigenvalue weighted by Crippen LogP contribution is -2.36. The van der Waals surface area contributed by atoms with Gasteiger partial charge in [0.1, 0.15) is 12.4 Å². The molecule has 0 radical (unpaired) electrons. The maximum Gasteiger partial charge on any atom is 0.119 e. The average Bonchev–Trinajstić information content (AvgIpc) is 2.87. The van der Waals surface area contributed by atoms with Crippen LogP contribution < -0.4 is 4.74 Å². The van der Waals surface area contributed by atoms with Gasteiger partial charge in [0.2, 0.25) is 0 Å². The van der Waals surface area contributed by atoms with Gasteiger partial charge in [-0.3, -0.25) is 0 Å². The molecule has 3 nitrogen and oxygen atoms in total. The van der Waals surface area contributed by atoms with Crippen LogP contribution in [0.1, 0.15) is 60.8 Å². The Hall–Kier alpha value is -2.62. The second kappa shape index (κ2) is 11.3. The number of aliphatic hydroxyl groups is 1. The Balaban J connectivity index is 1.21. The Morgan fingerprint density at radius 2 is 1.47 bits per heavy atom. The lowest BCUT2D eigenvalue weighted by atomic mass is 9.81. The molecule has 1 atom stereocenters. The van der Waals surface area contributed by atoms with Gasteiger partial charge in [-0.15, -0.1) is 0 Å². The number of rotatable bonds is 9. The van der Waals surface area contributed by atoms with E-state index in [1.807, 2.05) is 48.5 Å². The van der Waals surface area contributed by atoms with Gasteiger partial charge in [-0.2, -0.15) is 0 Å². The largest absolute Gasteiger partial charge is 0.489 e. The molecule has 0 bridgehead atoms. The average molecular weight is 430 g/mol. The van der Waals surface area contributed by atoms with Crippen LogP contribution in [0.3, 0.4) is 0 Å². The summed E-state index contributed by atoms with van der Waals surface area (Å²) in [5.41, 5.74) is 3.63. The Morgan fingerprint density at radius 3 is 2.12 bits per heavy atom. The molecule has 0 aliphatic heterocycles. The fourth-order valence-corrected chi connectivity index (χ4v) is 4.78. The highest BCUT2D eigenvalue weighted by molar-refractivity contribution is 5.30. The third kappa shape index (κ3) is 6.21. The van der Waals surface area contributed by atoms with Gasteiger partial charge in [-0.1, -0.05) is 72.8 Å². The van der Waals surface area contributed by atoms with Crippen molar-refractivity contribution in [1.82, 2.24) is 4.90 Å². The lowest BCUT2D eigenvalue weighted by Gasteiger charge is -2.35. The topological polar surface area (TPSA) is 32.7 Å². The van der Waals surface area contributed by atoms with E-state index in [0.29, 0.717) is 18.6 Å². The summed E-state index contributed by atoms with van der Waals surface area (Å²) < 4.78 is 5.93. The zero-order valence-corrected chi connectivity index (χ0v) is 19.1. The molecule has 168 valence electrons. The summed E-state index contributed by atoms with van der Waals surface area (Å²) in [6.45, 7) is 1.54. The Bertz CT molecular complexity index is 918. The predicted molar refractivity (Wildman–Crippen MR) is 131 cm³/mol. The molecule has 1 fully saturated rings. The Labute approximate surface area is 192 Å². The SMILES string of the molecule is CN(CCC(O)c1ccccc1)[C@H]1CC[C@H](c2ccc(OCc3ccccc3)cc2)CC1. The van der Waals surface area contributed by atoms with Gasteiger partial charge in [0, 0.05) is 12.6 Å². The maximum absolute atomic E-state index is 10.4. The number of hydrogen-bond acceptors (Lipinski definition) is 3. The minimum atomic E-state index is -0.377. The van der Waals surface area contributed by atoms with Gasteiger partial charge in [0.05, 0.1) is 6.10 Å². The molecule has 0 amide bonds. The molecule has 4 rings (SSSR count). The van der Waals surface area contributed by atoms with Gasteiger partial charge in [0.25, 0.3) is 0 Å². The number of benzene rings is 3. The van der Waals surface area contributed by atoms with E-state index in [1.54, 1.807) is 0 Å². The number of aliphatic hydroxyl groups excluding tert-OH is 1. The number of ether oxygens (including phenoxy) is 1. The first-order chi connectivity index (χ1) is 15.7. The Morgan fingerprint density at radius 1 is 0.844 bits per heavy atom. The van der Waals surface area contributed by atoms with Gasteiger partial charge >= 0.3 is 0 Å². The molecule has 0 saturated heterocycles. The normalized spacial score (nSPS) is 19.6. The molecule has 1 aliphatic rings. The third-order valence-corrected chi connectivity index (χ3v) is 6.86. The van der Waals surface area contributed by atoms with Crippen LogP contribution in [0.25, 0.3) is 0 Å². The summed E-state index contributed by atoms with van der Waals surface area (Å²) in [6, 6.07) is 29.6. The number of nitrogens with zero attached hydrogens (tertiary/aromatic N) is 1. The van der Waals surface area contributed by atoms with Gasteiger partial charge in [-0.05, 0) is 73.9 Å². The number of hydrogen-bond donors (Lipinski definition) is 1. The standard InChI is InChI=1S/C29H35NO2/c1-30(21-20-29(31)26-10-6-3-7-11-26)27-16-12-24(13-17-27)25-14-18-28(19-15-25)32-22-23-8-4-2-5-9-23/h2-11,14-15,18-19,24,27,29,31H,12-13,16-17,20-22H2,1H3/t24-,27-,29?. The molecule has 1 unspecified atom stereocenters. The van der Waals surface area contributed by atoms with Crippen molar-refractivity contribution in [2.45, 2.75) is 56.8 Å². The van der Waals surface area contributed by atoms with Gasteiger partial charge in [0.15, 0.2) is 0 Å². The molecule has 32 heavy (non-hydrogen) atoms. The molecule has 3 aromatic rings. The van der Waals surface area contributed by atoms with Crippen LogP contribution in [-0.4, -0.2) is 29.6 Å². The highest BCUT2D eigenvalue weighted by atomic mass is 16.5. The lowest BCUT2D eigenvalue weighted by molar-refractivity contribution is 0.122. The van der Waals surface area contributed by atoms with Gasteiger partial charge < -0.3 is 14.7 Å². The van der Waals surface area contributed by atoms with E-state index in [4.69, 9.17) is 4.74 Å². The molecule has 0 spiro atoms. The van der Waals surface area contributed by atoms with Crippen molar-refractivity contribution >= 4 is 0 Å². The molecular formula is C29H35NO2. The van der Waals surface area contributed by atoms with Crippen LogP contribution in [0.5, 0.6) is 5.75 Å². The molecule has 3 heteroatoms. The van der Waals surface area contributed by atoms with Crippen molar-refractivity contribution in [1.29, 1.82) is 0 Å². The molecular weight excluding hydrogens is 394 g/mol. The summed E-state index contributed by atoms with van der Waals surface area (Å²) in [5, 5.41) is 10.4. The second-order valence-corrected chi connectivity index (χ2v) is 9.04. The molecule has 0 heterocycles. The van der Waals surface area contributed by atoms with E-state index in [9.17, 15) is 5.11 Å². The highest BCUT2D eigenvalue weighted by Crippen LogP contribution is 2.35.